The van der Waals surface area contributed by atoms with Crippen molar-refractivity contribution >= 4 is 26.5 Å². The highest BCUT2D eigenvalue weighted by Gasteiger charge is 2.14. The molecule has 2 aromatic rings. The Bertz CT molecular complexity index is 682. The number of hydrogen-bond acceptors (Lipinski definition) is 2. The second kappa shape index (κ2) is 2.70. The van der Waals surface area contributed by atoms with E-state index < -0.39 is 9.62 Å². The van der Waals surface area contributed by atoms with Crippen molar-refractivity contribution in [2.45, 2.75) is 4.90 Å². The van der Waals surface area contributed by atoms with Gasteiger partial charge in [-0.1, -0.05) is 24.3 Å². The third-order valence-electron chi connectivity index (χ3n) is 2.68. The fourth-order valence-electron chi connectivity index (χ4n) is 1.89. The molecular formula is C12H10N2S. The predicted octanol–water partition coefficient (Wildman–Crippen LogP) is 3.86. The molecule has 3 heteroatoms. The minimum atomic E-state index is -2.18. The summed E-state index contributed by atoms with van der Waals surface area (Å²) < 4.78 is 15.8. The molecule has 1 heterocycles. The highest BCUT2D eigenvalue weighted by atomic mass is 32.2. The van der Waals surface area contributed by atoms with Gasteiger partial charge in [-0.05, 0) is 49.6 Å². The summed E-state index contributed by atoms with van der Waals surface area (Å²) in [5.41, 5.74) is 1.04. The maximum Gasteiger partial charge on any atom is 0.0395 e. The van der Waals surface area contributed by atoms with Crippen LogP contribution in [0, 0.1) is 9.56 Å². The van der Waals surface area contributed by atoms with Gasteiger partial charge in [-0.15, -0.1) is 0 Å². The van der Waals surface area contributed by atoms with Crippen LogP contribution in [0.3, 0.4) is 0 Å². The largest absolute Gasteiger partial charge is 0.262 e. The van der Waals surface area contributed by atoms with Crippen LogP contribution in [0.15, 0.2) is 46.7 Å². The van der Waals surface area contributed by atoms with E-state index in [-0.39, 0.29) is 0 Å². The lowest BCUT2D eigenvalue weighted by Gasteiger charge is -2.05. The molecule has 2 N–H and O–H groups in total. The van der Waals surface area contributed by atoms with E-state index in [2.05, 4.69) is 12.1 Å². The van der Waals surface area contributed by atoms with Gasteiger partial charge in [0.25, 0.3) is 0 Å². The second-order valence-corrected chi connectivity index (χ2v) is 5.73. The summed E-state index contributed by atoms with van der Waals surface area (Å²) in [6.45, 7) is 0. The molecule has 0 unspecified atom stereocenters. The molecule has 0 saturated carbocycles. The summed E-state index contributed by atoms with van der Waals surface area (Å²) >= 11 is 0. The Hall–Kier alpha value is -1.61. The molecule has 3 rings (SSSR count). The van der Waals surface area contributed by atoms with Crippen LogP contribution in [0.25, 0.3) is 16.8 Å². The minimum Gasteiger partial charge on any atom is -0.262 e. The Morgan fingerprint density at radius 1 is 0.933 bits per heavy atom. The molecule has 0 aromatic heterocycles. The minimum absolute atomic E-state index is 0.862. The summed E-state index contributed by atoms with van der Waals surface area (Å²) in [5, 5.41) is 4.01. The molecule has 0 aliphatic carbocycles. The first-order valence-electron chi connectivity index (χ1n) is 4.70. The van der Waals surface area contributed by atoms with Gasteiger partial charge in [0.05, 0.1) is 0 Å². The fourth-order valence-corrected chi connectivity index (χ4v) is 3.20. The third kappa shape index (κ3) is 1.20. The zero-order chi connectivity index (χ0) is 10.5. The Kier molecular flexibility index (Phi) is 1.56. The topological polar surface area (TPSA) is 47.7 Å². The molecule has 74 valence electrons. The molecule has 2 aromatic carbocycles. The number of hydrogen-bond donors (Lipinski definition) is 2. The predicted molar refractivity (Wildman–Crippen MR) is 64.1 cm³/mol. The highest BCUT2D eigenvalue weighted by molar-refractivity contribution is 7.96. The molecular weight excluding hydrogens is 204 g/mol. The van der Waals surface area contributed by atoms with Gasteiger partial charge in [0.15, 0.2) is 0 Å². The normalized spacial score (nSPS) is 16.8. The Balaban J connectivity index is 2.47. The van der Waals surface area contributed by atoms with E-state index >= 15 is 0 Å². The summed E-state index contributed by atoms with van der Waals surface area (Å²) in [6.07, 6.45) is 1.90. The van der Waals surface area contributed by atoms with Gasteiger partial charge in [-0.3, -0.25) is 9.56 Å². The van der Waals surface area contributed by atoms with E-state index in [1.165, 1.54) is 5.39 Å². The van der Waals surface area contributed by atoms with Gasteiger partial charge in [0.2, 0.25) is 0 Å². The van der Waals surface area contributed by atoms with Crippen molar-refractivity contribution in [3.63, 3.8) is 0 Å². The van der Waals surface area contributed by atoms with Crippen molar-refractivity contribution in [1.29, 1.82) is 9.56 Å². The SMILES string of the molecule is N=S1(=N)C=Cc2cc3ccccc3cc21. The van der Waals surface area contributed by atoms with Crippen molar-refractivity contribution in [3.05, 3.63) is 47.4 Å². The van der Waals surface area contributed by atoms with Crippen LogP contribution in [0.1, 0.15) is 5.56 Å². The number of fused-ring (bicyclic) bond motifs is 2. The first-order valence-corrected chi connectivity index (χ1v) is 6.40. The van der Waals surface area contributed by atoms with Gasteiger partial charge in [-0.25, -0.2) is 0 Å². The Morgan fingerprint density at radius 2 is 1.60 bits per heavy atom. The molecule has 0 radical (unpaired) electrons. The maximum atomic E-state index is 7.91. The first-order chi connectivity index (χ1) is 7.17. The number of nitrogens with one attached hydrogen (secondary N) is 2. The van der Waals surface area contributed by atoms with Crippen molar-refractivity contribution in [1.82, 2.24) is 0 Å². The fraction of sp³-hybridized carbons (Fsp3) is 0. The second-order valence-electron chi connectivity index (χ2n) is 3.70. The van der Waals surface area contributed by atoms with E-state index in [0.29, 0.717) is 0 Å². The summed E-state index contributed by atoms with van der Waals surface area (Å²) in [4.78, 5) is 0.862. The van der Waals surface area contributed by atoms with Crippen LogP contribution in [0.2, 0.25) is 0 Å². The molecule has 0 amide bonds. The molecule has 15 heavy (non-hydrogen) atoms. The molecule has 0 fully saturated rings. The van der Waals surface area contributed by atoms with Crippen LogP contribution in [-0.2, 0) is 9.62 Å². The lowest BCUT2D eigenvalue weighted by molar-refractivity contribution is 1.41. The van der Waals surface area contributed by atoms with E-state index in [1.807, 2.05) is 30.3 Å². The molecule has 0 atom stereocenters. The first kappa shape index (κ1) is 8.68. The average molecular weight is 214 g/mol. The number of rotatable bonds is 0. The zero-order valence-corrected chi connectivity index (χ0v) is 8.84. The van der Waals surface area contributed by atoms with E-state index in [9.17, 15) is 0 Å². The number of benzene rings is 2. The molecule has 2 nitrogen and oxygen atoms in total. The monoisotopic (exact) mass is 214 g/mol. The molecule has 0 saturated heterocycles. The lowest BCUT2D eigenvalue weighted by atomic mass is 10.1. The Morgan fingerprint density at radius 3 is 2.33 bits per heavy atom. The van der Waals surface area contributed by atoms with Crippen molar-refractivity contribution in [3.8, 4) is 0 Å². The molecule has 0 spiro atoms. The van der Waals surface area contributed by atoms with Crippen LogP contribution in [0.5, 0.6) is 0 Å². The summed E-state index contributed by atoms with van der Waals surface area (Å²) in [7, 11) is -2.18. The Labute approximate surface area is 88.7 Å². The van der Waals surface area contributed by atoms with Gasteiger partial charge < -0.3 is 0 Å². The van der Waals surface area contributed by atoms with Crippen LogP contribution in [0.4, 0.5) is 0 Å². The molecule has 0 bridgehead atoms. The van der Waals surface area contributed by atoms with Crippen molar-refractivity contribution in [2.24, 2.45) is 0 Å². The van der Waals surface area contributed by atoms with Crippen molar-refractivity contribution < 1.29 is 0 Å². The van der Waals surface area contributed by atoms with Crippen LogP contribution in [-0.4, -0.2) is 0 Å². The van der Waals surface area contributed by atoms with Crippen molar-refractivity contribution in [2.75, 3.05) is 0 Å². The van der Waals surface area contributed by atoms with Gasteiger partial charge in [0.1, 0.15) is 0 Å². The van der Waals surface area contributed by atoms with Crippen LogP contribution < -0.4 is 0 Å². The standard InChI is InChI=1S/C12H10N2S/c13-15(14)6-5-11-7-9-3-1-2-4-10(9)8-12(11)15/h1-8,13-14H. The highest BCUT2D eigenvalue weighted by Crippen LogP contribution is 2.31. The maximum absolute atomic E-state index is 7.91. The smallest absolute Gasteiger partial charge is 0.0395 e. The third-order valence-corrected chi connectivity index (χ3v) is 4.27. The van der Waals surface area contributed by atoms with E-state index in [1.54, 1.807) is 5.41 Å². The zero-order valence-electron chi connectivity index (χ0n) is 8.03. The van der Waals surface area contributed by atoms with Gasteiger partial charge >= 0.3 is 0 Å². The van der Waals surface area contributed by atoms with E-state index in [4.69, 9.17) is 9.56 Å². The van der Waals surface area contributed by atoms with Gasteiger partial charge in [-0.2, -0.15) is 0 Å². The molecule has 1 aliphatic rings. The van der Waals surface area contributed by atoms with Crippen LogP contribution >= 0.6 is 0 Å². The lowest BCUT2D eigenvalue weighted by Crippen LogP contribution is -1.89. The van der Waals surface area contributed by atoms with Gasteiger partial charge in [0, 0.05) is 4.90 Å². The average Bonchev–Trinajstić information content (AvgIpc) is 2.52. The molecule has 1 aliphatic heterocycles. The van der Waals surface area contributed by atoms with E-state index in [0.717, 1.165) is 15.8 Å². The summed E-state index contributed by atoms with van der Waals surface area (Å²) in [5.74, 6) is 0. The quantitative estimate of drug-likeness (QED) is 0.669. The summed E-state index contributed by atoms with van der Waals surface area (Å²) in [6, 6.07) is 12.1.